The minimum absolute atomic E-state index is 0.472. The average molecular weight is 328 g/mol. The van der Waals surface area contributed by atoms with Crippen molar-refractivity contribution in [2.75, 3.05) is 13.1 Å². The number of aromatic nitrogens is 3. The molecule has 8 nitrogen and oxygen atoms in total. The minimum atomic E-state index is 0.472. The van der Waals surface area contributed by atoms with Gasteiger partial charge < -0.3 is 14.1 Å². The van der Waals surface area contributed by atoms with Gasteiger partial charge in [0.15, 0.2) is 5.76 Å². The Kier molecular flexibility index (Phi) is 3.94. The van der Waals surface area contributed by atoms with Crippen LogP contribution >= 0.6 is 0 Å². The van der Waals surface area contributed by atoms with Crippen LogP contribution in [0, 0.1) is 12.8 Å². The molecule has 2 aromatic rings. The molecule has 2 aromatic heterocycles. The molecule has 1 saturated heterocycles. The minimum Gasteiger partial charge on any atom is -0.459 e. The first-order chi connectivity index (χ1) is 11.8. The molecule has 126 valence electrons. The highest BCUT2D eigenvalue weighted by atomic mass is 16.5. The number of hydrogen-bond acceptors (Lipinski definition) is 7. The predicted molar refractivity (Wildman–Crippen MR) is 86.6 cm³/mol. The van der Waals surface area contributed by atoms with Crippen LogP contribution in [0.3, 0.4) is 0 Å². The van der Waals surface area contributed by atoms with Gasteiger partial charge in [-0.15, -0.1) is 5.10 Å². The van der Waals surface area contributed by atoms with Gasteiger partial charge in [0.05, 0.1) is 12.5 Å². The molecule has 1 atom stereocenters. The number of ether oxygens (including phenoxy) is 1. The maximum Gasteiger partial charge on any atom is 0.281 e. The Bertz CT molecular complexity index is 748. The number of aryl methyl sites for hydroxylation is 1. The molecule has 8 heteroatoms. The molecule has 2 aliphatic heterocycles. The third-order valence-electron chi connectivity index (χ3n) is 4.29. The van der Waals surface area contributed by atoms with Crippen molar-refractivity contribution in [2.24, 2.45) is 11.0 Å². The number of nitrogens with zero attached hydrogens (tertiary/aromatic N) is 5. The van der Waals surface area contributed by atoms with E-state index in [1.165, 1.54) is 6.42 Å². The lowest BCUT2D eigenvalue weighted by Gasteiger charge is -2.31. The van der Waals surface area contributed by atoms with Gasteiger partial charge in [-0.3, -0.25) is 4.68 Å². The van der Waals surface area contributed by atoms with E-state index < -0.39 is 0 Å². The normalized spacial score (nSPS) is 22.4. The lowest BCUT2D eigenvalue weighted by atomic mass is 9.98. The summed E-state index contributed by atoms with van der Waals surface area (Å²) in [4.78, 5) is 6.27. The van der Waals surface area contributed by atoms with Crippen LogP contribution in [0.1, 0.15) is 24.2 Å². The Labute approximate surface area is 139 Å². The summed E-state index contributed by atoms with van der Waals surface area (Å²) in [6.07, 6.45) is 9.31. The Morgan fingerprint density at radius 2 is 2.42 bits per heavy atom. The van der Waals surface area contributed by atoms with Crippen molar-refractivity contribution in [3.63, 3.8) is 0 Å². The van der Waals surface area contributed by atoms with Crippen LogP contribution < -0.4 is 5.43 Å². The van der Waals surface area contributed by atoms with Crippen molar-refractivity contribution in [1.82, 2.24) is 25.1 Å². The number of hydrogen-bond donors (Lipinski definition) is 1. The standard InChI is InChI=1S/C16H20N6O2/c1-12-4-6-23-15(12)16-20-19-14(24-16)9-21-5-2-3-13(7-21)8-22-11-17-10-18-22/h4,6,9-11,13,19H,2-3,5,7-8H2,1H3. The van der Waals surface area contributed by atoms with Crippen LogP contribution in [0.5, 0.6) is 0 Å². The van der Waals surface area contributed by atoms with Crippen LogP contribution in [0.4, 0.5) is 0 Å². The highest BCUT2D eigenvalue weighted by molar-refractivity contribution is 5.94. The van der Waals surface area contributed by atoms with Crippen LogP contribution in [-0.2, 0) is 11.3 Å². The lowest BCUT2D eigenvalue weighted by Crippen LogP contribution is -2.34. The van der Waals surface area contributed by atoms with Crippen molar-refractivity contribution < 1.29 is 9.15 Å². The molecule has 2 aliphatic rings. The Morgan fingerprint density at radius 1 is 1.46 bits per heavy atom. The predicted octanol–water partition coefficient (Wildman–Crippen LogP) is 1.67. The van der Waals surface area contributed by atoms with E-state index in [0.717, 1.165) is 31.6 Å². The second-order valence-electron chi connectivity index (χ2n) is 6.18. The maximum absolute atomic E-state index is 5.77. The van der Waals surface area contributed by atoms with Gasteiger partial charge in [0.1, 0.15) is 12.7 Å². The SMILES string of the molecule is Cc1ccoc1C1=NNC(=CN2CCCC(Cn3cncn3)C2)O1. The Morgan fingerprint density at radius 3 is 3.21 bits per heavy atom. The van der Waals surface area contributed by atoms with Crippen molar-refractivity contribution in [2.45, 2.75) is 26.3 Å². The van der Waals surface area contributed by atoms with Crippen molar-refractivity contribution in [3.05, 3.63) is 48.4 Å². The fourth-order valence-corrected chi connectivity index (χ4v) is 3.12. The van der Waals surface area contributed by atoms with E-state index in [4.69, 9.17) is 9.15 Å². The summed E-state index contributed by atoms with van der Waals surface area (Å²) in [5.41, 5.74) is 3.93. The van der Waals surface area contributed by atoms with Crippen molar-refractivity contribution in [3.8, 4) is 0 Å². The van der Waals surface area contributed by atoms with E-state index in [1.807, 2.05) is 23.9 Å². The summed E-state index contributed by atoms with van der Waals surface area (Å²) >= 11 is 0. The highest BCUT2D eigenvalue weighted by Crippen LogP contribution is 2.21. The summed E-state index contributed by atoms with van der Waals surface area (Å²) in [7, 11) is 0. The number of likely N-dealkylation sites (tertiary alicyclic amines) is 1. The fourth-order valence-electron chi connectivity index (χ4n) is 3.12. The van der Waals surface area contributed by atoms with Gasteiger partial charge in [0.2, 0.25) is 5.88 Å². The van der Waals surface area contributed by atoms with Gasteiger partial charge in [-0.05, 0) is 31.7 Å². The Hall–Kier alpha value is -2.77. The van der Waals surface area contributed by atoms with Crippen molar-refractivity contribution in [1.29, 1.82) is 0 Å². The molecule has 4 heterocycles. The topological polar surface area (TPSA) is 80.7 Å². The van der Waals surface area contributed by atoms with E-state index >= 15 is 0 Å². The first-order valence-corrected chi connectivity index (χ1v) is 8.12. The second kappa shape index (κ2) is 6.38. The van der Waals surface area contributed by atoms with Gasteiger partial charge in [0.25, 0.3) is 5.90 Å². The molecular weight excluding hydrogens is 308 g/mol. The summed E-state index contributed by atoms with van der Waals surface area (Å²) < 4.78 is 13.1. The number of nitrogens with one attached hydrogen (secondary N) is 1. The molecule has 1 N–H and O–H groups in total. The number of piperidine rings is 1. The number of hydrazone groups is 1. The Balaban J connectivity index is 1.37. The van der Waals surface area contributed by atoms with Gasteiger partial charge in [0, 0.05) is 25.2 Å². The molecule has 0 aromatic carbocycles. The zero-order valence-electron chi connectivity index (χ0n) is 13.6. The molecule has 0 saturated carbocycles. The molecule has 0 amide bonds. The average Bonchev–Trinajstić information content (AvgIpc) is 3.30. The van der Waals surface area contributed by atoms with Crippen LogP contribution in [0.15, 0.2) is 46.6 Å². The summed E-state index contributed by atoms with van der Waals surface area (Å²) in [6.45, 7) is 4.83. The van der Waals surface area contributed by atoms with Gasteiger partial charge >= 0.3 is 0 Å². The molecular formula is C16H20N6O2. The van der Waals surface area contributed by atoms with E-state index in [9.17, 15) is 0 Å². The monoisotopic (exact) mass is 328 g/mol. The lowest BCUT2D eigenvalue weighted by molar-refractivity contribution is 0.204. The third kappa shape index (κ3) is 3.12. The van der Waals surface area contributed by atoms with E-state index in [-0.39, 0.29) is 0 Å². The molecule has 1 fully saturated rings. The molecule has 0 radical (unpaired) electrons. The largest absolute Gasteiger partial charge is 0.459 e. The molecule has 24 heavy (non-hydrogen) atoms. The second-order valence-corrected chi connectivity index (χ2v) is 6.18. The maximum atomic E-state index is 5.77. The van der Waals surface area contributed by atoms with Gasteiger partial charge in [-0.25, -0.2) is 10.4 Å². The van der Waals surface area contributed by atoms with Crippen molar-refractivity contribution >= 4 is 5.90 Å². The smallest absolute Gasteiger partial charge is 0.281 e. The van der Waals surface area contributed by atoms with Gasteiger partial charge in [-0.1, -0.05) is 0 Å². The molecule has 0 spiro atoms. The zero-order chi connectivity index (χ0) is 16.4. The number of furan rings is 1. The van der Waals surface area contributed by atoms with Crippen LogP contribution in [0.2, 0.25) is 0 Å². The van der Waals surface area contributed by atoms with E-state index in [0.29, 0.717) is 23.5 Å². The summed E-state index contributed by atoms with van der Waals surface area (Å²) in [6, 6.07) is 1.89. The molecule has 0 bridgehead atoms. The zero-order valence-corrected chi connectivity index (χ0v) is 13.6. The van der Waals surface area contributed by atoms with Crippen LogP contribution in [-0.4, -0.2) is 38.7 Å². The first-order valence-electron chi connectivity index (χ1n) is 8.12. The summed E-state index contributed by atoms with van der Waals surface area (Å²) in [5.74, 6) is 2.31. The first kappa shape index (κ1) is 14.8. The third-order valence-corrected chi connectivity index (χ3v) is 4.29. The molecule has 0 aliphatic carbocycles. The van der Waals surface area contributed by atoms with Gasteiger partial charge in [-0.2, -0.15) is 5.10 Å². The quantitative estimate of drug-likeness (QED) is 0.919. The fraction of sp³-hybridized carbons (Fsp3) is 0.438. The van der Waals surface area contributed by atoms with E-state index in [2.05, 4.69) is 25.5 Å². The molecule has 4 rings (SSSR count). The number of rotatable bonds is 4. The summed E-state index contributed by atoms with van der Waals surface area (Å²) in [5, 5.41) is 8.39. The molecule has 1 unspecified atom stereocenters. The highest BCUT2D eigenvalue weighted by Gasteiger charge is 2.23. The van der Waals surface area contributed by atoms with E-state index in [1.54, 1.807) is 18.9 Å². The van der Waals surface area contributed by atoms with Crippen LogP contribution in [0.25, 0.3) is 0 Å².